The van der Waals surface area contributed by atoms with Gasteiger partial charge < -0.3 is 14.4 Å². The van der Waals surface area contributed by atoms with E-state index in [0.717, 1.165) is 4.47 Å². The molecule has 1 heterocycles. The summed E-state index contributed by atoms with van der Waals surface area (Å²) < 4.78 is 11.2. The second-order valence-corrected chi connectivity index (χ2v) is 6.98. The first-order valence-electron chi connectivity index (χ1n) is 8.53. The molecule has 3 rings (SSSR count). The van der Waals surface area contributed by atoms with Crippen molar-refractivity contribution in [3.05, 3.63) is 68.2 Å². The Kier molecular flexibility index (Phi) is 6.37. The van der Waals surface area contributed by atoms with E-state index in [1.165, 1.54) is 18.2 Å². The molecule has 0 atom stereocenters. The number of nitro groups is 1. The molecule has 2 aromatic carbocycles. The molecular formula is C19H17BrN2O6. The SMILES string of the molecule is O=C(COC(=O)c1cc([N+](=O)[O-])ccc1N1CCOCC1)c1cccc(Br)c1. The monoisotopic (exact) mass is 448 g/mol. The van der Waals surface area contributed by atoms with Crippen molar-refractivity contribution >= 4 is 39.1 Å². The Balaban J connectivity index is 1.79. The van der Waals surface area contributed by atoms with E-state index >= 15 is 0 Å². The Labute approximate surface area is 169 Å². The third-order valence-electron chi connectivity index (χ3n) is 4.24. The fourth-order valence-electron chi connectivity index (χ4n) is 2.84. The number of carbonyl (C=O) groups is 2. The van der Waals surface area contributed by atoms with Gasteiger partial charge in [0, 0.05) is 35.3 Å². The number of ether oxygens (including phenoxy) is 2. The summed E-state index contributed by atoms with van der Waals surface area (Å²) in [4.78, 5) is 37.3. The number of anilines is 1. The van der Waals surface area contributed by atoms with Gasteiger partial charge in [0.2, 0.25) is 0 Å². The fourth-order valence-corrected chi connectivity index (χ4v) is 3.23. The third kappa shape index (κ3) is 4.73. The predicted molar refractivity (Wildman–Crippen MR) is 105 cm³/mol. The Morgan fingerprint density at radius 2 is 1.93 bits per heavy atom. The maximum Gasteiger partial charge on any atom is 0.340 e. The van der Waals surface area contributed by atoms with Crippen molar-refractivity contribution < 1.29 is 24.0 Å². The molecule has 0 unspecified atom stereocenters. The number of Topliss-reactive ketones (excluding diaryl/α,β-unsaturated/α-hetero) is 1. The molecule has 28 heavy (non-hydrogen) atoms. The lowest BCUT2D eigenvalue weighted by Gasteiger charge is -2.30. The Morgan fingerprint density at radius 1 is 1.18 bits per heavy atom. The normalized spacial score (nSPS) is 13.8. The van der Waals surface area contributed by atoms with Gasteiger partial charge in [-0.05, 0) is 18.2 Å². The third-order valence-corrected chi connectivity index (χ3v) is 4.74. The average molecular weight is 449 g/mol. The van der Waals surface area contributed by atoms with Crippen LogP contribution >= 0.6 is 15.9 Å². The number of ketones is 1. The number of hydrogen-bond donors (Lipinski definition) is 0. The van der Waals surface area contributed by atoms with E-state index in [0.29, 0.717) is 37.6 Å². The number of rotatable bonds is 6. The first-order chi connectivity index (χ1) is 13.5. The molecule has 0 radical (unpaired) electrons. The van der Waals surface area contributed by atoms with Crippen molar-refractivity contribution in [2.75, 3.05) is 37.8 Å². The molecule has 0 amide bonds. The van der Waals surface area contributed by atoms with Crippen molar-refractivity contribution in [1.29, 1.82) is 0 Å². The summed E-state index contributed by atoms with van der Waals surface area (Å²) in [5.74, 6) is -1.15. The van der Waals surface area contributed by atoms with Gasteiger partial charge in [-0.3, -0.25) is 14.9 Å². The molecule has 1 aliphatic heterocycles. The molecule has 2 aromatic rings. The average Bonchev–Trinajstić information content (AvgIpc) is 2.72. The van der Waals surface area contributed by atoms with E-state index in [2.05, 4.69) is 15.9 Å². The van der Waals surface area contributed by atoms with Crippen LogP contribution in [-0.2, 0) is 9.47 Å². The first-order valence-corrected chi connectivity index (χ1v) is 9.32. The lowest BCUT2D eigenvalue weighted by atomic mass is 10.1. The molecule has 0 saturated carbocycles. The highest BCUT2D eigenvalue weighted by atomic mass is 79.9. The van der Waals surface area contributed by atoms with E-state index in [1.54, 1.807) is 24.3 Å². The number of carbonyl (C=O) groups excluding carboxylic acids is 2. The largest absolute Gasteiger partial charge is 0.454 e. The molecule has 0 bridgehead atoms. The highest BCUT2D eigenvalue weighted by molar-refractivity contribution is 9.10. The van der Waals surface area contributed by atoms with E-state index in [4.69, 9.17) is 9.47 Å². The van der Waals surface area contributed by atoms with Crippen LogP contribution in [0.3, 0.4) is 0 Å². The van der Waals surface area contributed by atoms with Crippen LogP contribution in [0, 0.1) is 10.1 Å². The standard InChI is InChI=1S/C19H17BrN2O6/c20-14-3-1-2-13(10-14)18(23)12-28-19(24)16-11-15(22(25)26)4-5-17(16)21-6-8-27-9-7-21/h1-5,10-11H,6-9,12H2. The van der Waals surface area contributed by atoms with E-state index in [-0.39, 0.29) is 17.0 Å². The van der Waals surface area contributed by atoms with Crippen molar-refractivity contribution in [2.45, 2.75) is 0 Å². The predicted octanol–water partition coefficient (Wildman–Crippen LogP) is 3.23. The van der Waals surface area contributed by atoms with Gasteiger partial charge in [0.1, 0.15) is 0 Å². The van der Waals surface area contributed by atoms with Crippen LogP contribution in [0.1, 0.15) is 20.7 Å². The molecule has 1 fully saturated rings. The van der Waals surface area contributed by atoms with Gasteiger partial charge in [-0.2, -0.15) is 0 Å². The van der Waals surface area contributed by atoms with Crippen LogP contribution in [0.4, 0.5) is 11.4 Å². The topological polar surface area (TPSA) is 99.0 Å². The van der Waals surface area contributed by atoms with Gasteiger partial charge in [0.25, 0.3) is 5.69 Å². The highest BCUT2D eigenvalue weighted by Gasteiger charge is 2.23. The minimum Gasteiger partial charge on any atom is -0.454 e. The molecular weight excluding hydrogens is 432 g/mol. The van der Waals surface area contributed by atoms with Crippen molar-refractivity contribution in [3.63, 3.8) is 0 Å². The van der Waals surface area contributed by atoms with Gasteiger partial charge >= 0.3 is 5.97 Å². The zero-order valence-electron chi connectivity index (χ0n) is 14.8. The molecule has 9 heteroatoms. The Bertz CT molecular complexity index is 911. The summed E-state index contributed by atoms with van der Waals surface area (Å²) in [7, 11) is 0. The van der Waals surface area contributed by atoms with Gasteiger partial charge in [0.05, 0.1) is 29.4 Å². The minimum absolute atomic E-state index is 0.0538. The van der Waals surface area contributed by atoms with Crippen LogP contribution < -0.4 is 4.90 Å². The second kappa shape index (κ2) is 8.94. The minimum atomic E-state index is -0.784. The lowest BCUT2D eigenvalue weighted by Crippen LogP contribution is -2.37. The van der Waals surface area contributed by atoms with Gasteiger partial charge in [0.15, 0.2) is 12.4 Å². The molecule has 0 aliphatic carbocycles. The number of halogens is 1. The second-order valence-electron chi connectivity index (χ2n) is 6.07. The molecule has 0 N–H and O–H groups in total. The molecule has 0 spiro atoms. The smallest absolute Gasteiger partial charge is 0.340 e. The zero-order chi connectivity index (χ0) is 20.1. The Morgan fingerprint density at radius 3 is 2.61 bits per heavy atom. The highest BCUT2D eigenvalue weighted by Crippen LogP contribution is 2.27. The lowest BCUT2D eigenvalue weighted by molar-refractivity contribution is -0.384. The van der Waals surface area contributed by atoms with Crippen LogP contribution in [0.5, 0.6) is 0 Å². The van der Waals surface area contributed by atoms with Crippen molar-refractivity contribution in [1.82, 2.24) is 0 Å². The van der Waals surface area contributed by atoms with Crippen LogP contribution in [-0.4, -0.2) is 49.6 Å². The number of benzene rings is 2. The van der Waals surface area contributed by atoms with Gasteiger partial charge in [-0.25, -0.2) is 4.79 Å². The number of hydrogen-bond acceptors (Lipinski definition) is 7. The quantitative estimate of drug-likeness (QED) is 0.289. The molecule has 1 saturated heterocycles. The van der Waals surface area contributed by atoms with Crippen LogP contribution in [0.25, 0.3) is 0 Å². The van der Waals surface area contributed by atoms with Gasteiger partial charge in [-0.15, -0.1) is 0 Å². The van der Waals surface area contributed by atoms with Crippen molar-refractivity contribution in [3.8, 4) is 0 Å². The fraction of sp³-hybridized carbons (Fsp3) is 0.263. The zero-order valence-corrected chi connectivity index (χ0v) is 16.4. The van der Waals surface area contributed by atoms with E-state index in [9.17, 15) is 19.7 Å². The maximum atomic E-state index is 12.6. The summed E-state index contributed by atoms with van der Waals surface area (Å²) in [6.07, 6.45) is 0. The van der Waals surface area contributed by atoms with Crippen LogP contribution in [0.15, 0.2) is 46.9 Å². The van der Waals surface area contributed by atoms with E-state index < -0.39 is 17.5 Å². The summed E-state index contributed by atoms with van der Waals surface area (Å²) in [5.41, 5.74) is 0.754. The number of nitro benzene ring substituents is 1. The van der Waals surface area contributed by atoms with Gasteiger partial charge in [-0.1, -0.05) is 28.1 Å². The number of morpholine rings is 1. The molecule has 146 valence electrons. The number of esters is 1. The summed E-state index contributed by atoms with van der Waals surface area (Å²) in [5, 5.41) is 11.1. The first kappa shape index (κ1) is 20.0. The number of nitrogens with zero attached hydrogens (tertiary/aromatic N) is 2. The molecule has 1 aliphatic rings. The molecule has 0 aromatic heterocycles. The summed E-state index contributed by atoms with van der Waals surface area (Å²) in [6, 6.07) is 10.8. The van der Waals surface area contributed by atoms with E-state index in [1.807, 2.05) is 4.90 Å². The summed E-state index contributed by atoms with van der Waals surface area (Å²) in [6.45, 7) is 1.63. The Hall–Kier alpha value is -2.78. The molecule has 8 nitrogen and oxygen atoms in total. The van der Waals surface area contributed by atoms with Crippen molar-refractivity contribution in [2.24, 2.45) is 0 Å². The number of non-ortho nitro benzene ring substituents is 1. The maximum absolute atomic E-state index is 12.6. The van der Waals surface area contributed by atoms with Crippen LogP contribution in [0.2, 0.25) is 0 Å². The summed E-state index contributed by atoms with van der Waals surface area (Å²) >= 11 is 3.28.